The maximum absolute atomic E-state index is 12.7. The summed E-state index contributed by atoms with van der Waals surface area (Å²) in [6, 6.07) is 27.4. The first-order valence-electron chi connectivity index (χ1n) is 12.6. The summed E-state index contributed by atoms with van der Waals surface area (Å²) in [6.07, 6.45) is 2.16. The van der Waals surface area contributed by atoms with Crippen LogP contribution < -0.4 is 5.32 Å². The molecule has 1 heterocycles. The number of hydrazone groups is 1. The zero-order valence-corrected chi connectivity index (χ0v) is 19.7. The quantitative estimate of drug-likeness (QED) is 0.570. The first-order valence-corrected chi connectivity index (χ1v) is 12.6. The normalized spacial score (nSPS) is 21.8. The molecule has 2 bridgehead atoms. The fourth-order valence-corrected chi connectivity index (χ4v) is 6.11. The molecule has 0 fully saturated rings. The molecule has 3 aromatic rings. The minimum Gasteiger partial charge on any atom is -0.356 e. The number of nitrogens with zero attached hydrogens (tertiary/aromatic N) is 2. The molecule has 0 saturated carbocycles. The van der Waals surface area contributed by atoms with Gasteiger partial charge in [-0.1, -0.05) is 78.9 Å². The van der Waals surface area contributed by atoms with Crippen molar-refractivity contribution in [3.63, 3.8) is 0 Å². The molecule has 1 N–H and O–H groups in total. The van der Waals surface area contributed by atoms with Crippen molar-refractivity contribution >= 4 is 17.5 Å². The molecule has 7 rings (SSSR count). The second kappa shape index (κ2) is 9.14. The van der Waals surface area contributed by atoms with Crippen molar-refractivity contribution in [1.82, 2.24) is 10.3 Å². The monoisotopic (exact) mass is 463 g/mol. The molecule has 3 aromatic carbocycles. The molecule has 176 valence electrons. The van der Waals surface area contributed by atoms with E-state index in [0.717, 1.165) is 24.1 Å². The van der Waals surface area contributed by atoms with Gasteiger partial charge in [0.2, 0.25) is 11.8 Å². The fraction of sp³-hybridized carbons (Fsp3) is 0.300. The van der Waals surface area contributed by atoms with Gasteiger partial charge in [0, 0.05) is 37.6 Å². The summed E-state index contributed by atoms with van der Waals surface area (Å²) in [6.45, 7) is 1.21. The largest absolute Gasteiger partial charge is 0.356 e. The molecule has 2 amide bonds. The summed E-state index contributed by atoms with van der Waals surface area (Å²) in [5, 5.41) is 9.14. The third-order valence-corrected chi connectivity index (χ3v) is 7.75. The highest BCUT2D eigenvalue weighted by molar-refractivity contribution is 6.02. The van der Waals surface area contributed by atoms with Crippen LogP contribution in [0.4, 0.5) is 0 Å². The van der Waals surface area contributed by atoms with Gasteiger partial charge < -0.3 is 5.32 Å². The first-order chi connectivity index (χ1) is 17.2. The zero-order valence-electron chi connectivity index (χ0n) is 19.7. The lowest BCUT2D eigenvalue weighted by Crippen LogP contribution is -2.39. The minimum absolute atomic E-state index is 0.0622. The number of hydrogen-bond donors (Lipinski definition) is 1. The van der Waals surface area contributed by atoms with Gasteiger partial charge in [0.25, 0.3) is 0 Å². The van der Waals surface area contributed by atoms with Crippen LogP contribution in [0.2, 0.25) is 0 Å². The van der Waals surface area contributed by atoms with Gasteiger partial charge >= 0.3 is 0 Å². The summed E-state index contributed by atoms with van der Waals surface area (Å²) < 4.78 is 0. The number of amides is 2. The smallest absolute Gasteiger partial charge is 0.243 e. The van der Waals surface area contributed by atoms with Crippen molar-refractivity contribution in [2.24, 2.45) is 11.0 Å². The predicted octanol–water partition coefficient (Wildman–Crippen LogP) is 4.82. The van der Waals surface area contributed by atoms with Crippen LogP contribution in [0.25, 0.3) is 0 Å². The maximum Gasteiger partial charge on any atom is 0.243 e. The number of fused-ring (bicyclic) bond motifs is 1. The van der Waals surface area contributed by atoms with Crippen molar-refractivity contribution in [3.8, 4) is 0 Å². The Labute approximate surface area is 205 Å². The van der Waals surface area contributed by atoms with Crippen LogP contribution in [0, 0.1) is 5.92 Å². The molecule has 35 heavy (non-hydrogen) atoms. The molecular weight excluding hydrogens is 434 g/mol. The Morgan fingerprint density at radius 1 is 0.829 bits per heavy atom. The second-order valence-electron chi connectivity index (χ2n) is 9.77. The van der Waals surface area contributed by atoms with Crippen LogP contribution in [0.5, 0.6) is 0 Å². The van der Waals surface area contributed by atoms with E-state index in [9.17, 15) is 9.59 Å². The van der Waals surface area contributed by atoms with Crippen molar-refractivity contribution in [3.05, 3.63) is 107 Å². The molecule has 0 spiro atoms. The van der Waals surface area contributed by atoms with Gasteiger partial charge in [-0.2, -0.15) is 5.10 Å². The highest BCUT2D eigenvalue weighted by Gasteiger charge is 2.42. The number of hydrogen-bond acceptors (Lipinski definition) is 3. The van der Waals surface area contributed by atoms with Crippen molar-refractivity contribution in [2.45, 2.75) is 37.5 Å². The average Bonchev–Trinajstić information content (AvgIpc) is 3.42. The third-order valence-electron chi connectivity index (χ3n) is 7.75. The van der Waals surface area contributed by atoms with Crippen LogP contribution in [0.1, 0.15) is 65.3 Å². The van der Waals surface area contributed by atoms with Gasteiger partial charge in [-0.05, 0) is 40.2 Å². The van der Waals surface area contributed by atoms with Gasteiger partial charge in [0.05, 0.1) is 12.3 Å². The van der Waals surface area contributed by atoms with Gasteiger partial charge in [0.15, 0.2) is 0 Å². The topological polar surface area (TPSA) is 61.8 Å². The first kappa shape index (κ1) is 21.8. The maximum atomic E-state index is 12.7. The van der Waals surface area contributed by atoms with Crippen LogP contribution in [0.15, 0.2) is 84.0 Å². The van der Waals surface area contributed by atoms with E-state index in [4.69, 9.17) is 0 Å². The van der Waals surface area contributed by atoms with E-state index in [1.807, 2.05) is 30.3 Å². The van der Waals surface area contributed by atoms with E-state index in [-0.39, 0.29) is 24.7 Å². The van der Waals surface area contributed by atoms with E-state index < -0.39 is 0 Å². The van der Waals surface area contributed by atoms with Crippen LogP contribution in [-0.4, -0.2) is 35.6 Å². The molecule has 0 saturated heterocycles. The van der Waals surface area contributed by atoms with E-state index in [2.05, 4.69) is 58.9 Å². The number of carbonyl (C=O) groups is 2. The summed E-state index contributed by atoms with van der Waals surface area (Å²) in [5.74, 6) is 0.909. The third kappa shape index (κ3) is 4.05. The molecular formula is C30H29N3O2. The Morgan fingerprint density at radius 3 is 2.14 bits per heavy atom. The van der Waals surface area contributed by atoms with Crippen molar-refractivity contribution < 1.29 is 9.59 Å². The Bertz CT molecular complexity index is 1250. The zero-order chi connectivity index (χ0) is 23.8. The minimum atomic E-state index is -0.0920. The Kier molecular flexibility index (Phi) is 5.69. The van der Waals surface area contributed by atoms with Gasteiger partial charge in [-0.25, -0.2) is 5.01 Å². The molecule has 0 radical (unpaired) electrons. The Hall–Kier alpha value is -3.73. The molecule has 4 aliphatic rings. The Balaban J connectivity index is 1.06. The van der Waals surface area contributed by atoms with Crippen molar-refractivity contribution in [1.29, 1.82) is 0 Å². The van der Waals surface area contributed by atoms with Gasteiger partial charge in [-0.15, -0.1) is 0 Å². The average molecular weight is 464 g/mol. The molecule has 5 heteroatoms. The van der Waals surface area contributed by atoms with Gasteiger partial charge in [-0.3, -0.25) is 9.59 Å². The van der Waals surface area contributed by atoms with Crippen LogP contribution >= 0.6 is 0 Å². The fourth-order valence-electron chi connectivity index (χ4n) is 6.11. The molecule has 3 aliphatic carbocycles. The number of benzene rings is 3. The van der Waals surface area contributed by atoms with E-state index in [1.165, 1.54) is 27.3 Å². The van der Waals surface area contributed by atoms with Gasteiger partial charge in [0.1, 0.15) is 0 Å². The highest BCUT2D eigenvalue weighted by Crippen LogP contribution is 2.55. The lowest BCUT2D eigenvalue weighted by atomic mass is 9.59. The predicted molar refractivity (Wildman–Crippen MR) is 136 cm³/mol. The molecule has 1 aliphatic heterocycles. The van der Waals surface area contributed by atoms with E-state index in [1.54, 1.807) is 0 Å². The van der Waals surface area contributed by atoms with Crippen LogP contribution in [0.3, 0.4) is 0 Å². The standard InChI is InChI=1S/C30H29N3O2/c34-28(14-15-29(35)33-17-16-27(32-33)20-8-2-1-3-9-20)31-19-21-18-26-22-10-4-6-12-24(22)30(21)25-13-7-5-11-23(25)26/h1-13,21,26,30H,14-19H2,(H,31,34). The SMILES string of the molecule is O=C(CCC(=O)N1CCC(c2ccccc2)=N1)NCC1CC2c3ccccc3C1c1ccccc12. The van der Waals surface area contributed by atoms with Crippen LogP contribution in [-0.2, 0) is 9.59 Å². The summed E-state index contributed by atoms with van der Waals surface area (Å²) >= 11 is 0. The second-order valence-corrected chi connectivity index (χ2v) is 9.77. The number of nitrogens with one attached hydrogen (secondary N) is 1. The molecule has 1 unspecified atom stereocenters. The summed E-state index contributed by atoms with van der Waals surface area (Å²) in [5.41, 5.74) is 7.65. The molecule has 1 atom stereocenters. The summed E-state index contributed by atoms with van der Waals surface area (Å²) in [4.78, 5) is 25.3. The summed E-state index contributed by atoms with van der Waals surface area (Å²) in [7, 11) is 0. The van der Waals surface area contributed by atoms with E-state index >= 15 is 0 Å². The molecule has 5 nitrogen and oxygen atoms in total. The highest BCUT2D eigenvalue weighted by atomic mass is 16.2. The lowest BCUT2D eigenvalue weighted by molar-refractivity contribution is -0.133. The molecule has 0 aromatic heterocycles. The van der Waals surface area contributed by atoms with E-state index in [0.29, 0.717) is 30.8 Å². The number of carbonyl (C=O) groups excluding carboxylic acids is 2. The number of rotatable bonds is 6. The van der Waals surface area contributed by atoms with Crippen molar-refractivity contribution in [2.75, 3.05) is 13.1 Å². The Morgan fingerprint density at radius 2 is 1.46 bits per heavy atom. The lowest BCUT2D eigenvalue weighted by Gasteiger charge is -2.45.